The fourth-order valence-corrected chi connectivity index (χ4v) is 3.07. The molecule has 114 valence electrons. The molecule has 5 nitrogen and oxygen atoms in total. The predicted molar refractivity (Wildman–Crippen MR) is 89.7 cm³/mol. The molecule has 1 aliphatic rings. The van der Waals surface area contributed by atoms with Crippen LogP contribution in [-0.2, 0) is 0 Å². The van der Waals surface area contributed by atoms with Gasteiger partial charge in [-0.3, -0.25) is 0 Å². The maximum absolute atomic E-state index is 12.3. The standard InChI is InChI=1S/C15H19IN2O3/c1-2-10-4-3-7-18(9-10)15(21)17-13-6-5-11(16)8-12(13)14(19)20/h5-6,8,10H,2-4,7,9H2,1H3,(H,17,21)(H,19,20). The van der Waals surface area contributed by atoms with Crippen LogP contribution in [0.3, 0.4) is 0 Å². The Labute approximate surface area is 137 Å². The molecule has 2 N–H and O–H groups in total. The van der Waals surface area contributed by atoms with Crippen molar-refractivity contribution in [3.63, 3.8) is 0 Å². The third-order valence-electron chi connectivity index (χ3n) is 3.84. The van der Waals surface area contributed by atoms with Gasteiger partial charge in [0.2, 0.25) is 0 Å². The highest BCUT2D eigenvalue weighted by molar-refractivity contribution is 14.1. The zero-order chi connectivity index (χ0) is 15.4. The Morgan fingerprint density at radius 2 is 2.24 bits per heavy atom. The van der Waals surface area contributed by atoms with E-state index in [9.17, 15) is 14.7 Å². The minimum Gasteiger partial charge on any atom is -0.478 e. The number of urea groups is 1. The van der Waals surface area contributed by atoms with E-state index in [0.717, 1.165) is 35.9 Å². The number of piperidine rings is 1. The minimum atomic E-state index is -1.03. The highest BCUT2D eigenvalue weighted by Gasteiger charge is 2.23. The molecule has 0 spiro atoms. The van der Waals surface area contributed by atoms with Crippen molar-refractivity contribution in [2.45, 2.75) is 26.2 Å². The number of anilines is 1. The summed E-state index contributed by atoms with van der Waals surface area (Å²) in [7, 11) is 0. The van der Waals surface area contributed by atoms with Gasteiger partial charge in [-0.05, 0) is 59.5 Å². The van der Waals surface area contributed by atoms with Crippen LogP contribution < -0.4 is 5.32 Å². The first kappa shape index (κ1) is 16.1. The minimum absolute atomic E-state index is 0.124. The van der Waals surface area contributed by atoms with Gasteiger partial charge in [-0.1, -0.05) is 13.3 Å². The molecular weight excluding hydrogens is 383 g/mol. The summed E-state index contributed by atoms with van der Waals surface area (Å²) >= 11 is 2.05. The van der Waals surface area contributed by atoms with Crippen LogP contribution in [0.25, 0.3) is 0 Å². The van der Waals surface area contributed by atoms with Crippen molar-refractivity contribution in [1.82, 2.24) is 4.90 Å². The average molecular weight is 402 g/mol. The van der Waals surface area contributed by atoms with Crippen molar-refractivity contribution in [2.24, 2.45) is 5.92 Å². The van der Waals surface area contributed by atoms with E-state index < -0.39 is 5.97 Å². The number of benzene rings is 1. The van der Waals surface area contributed by atoms with Crippen LogP contribution >= 0.6 is 22.6 Å². The van der Waals surface area contributed by atoms with Crippen LogP contribution in [0.2, 0.25) is 0 Å². The Bertz CT molecular complexity index is 548. The fraction of sp³-hybridized carbons (Fsp3) is 0.467. The molecule has 1 heterocycles. The number of nitrogens with one attached hydrogen (secondary N) is 1. The molecule has 1 unspecified atom stereocenters. The largest absolute Gasteiger partial charge is 0.478 e. The first-order valence-electron chi connectivity index (χ1n) is 7.10. The number of aromatic carboxylic acids is 1. The quantitative estimate of drug-likeness (QED) is 0.759. The predicted octanol–water partition coefficient (Wildman–Crippen LogP) is 3.64. The van der Waals surface area contributed by atoms with Gasteiger partial charge in [-0.25, -0.2) is 9.59 Å². The number of hydrogen-bond donors (Lipinski definition) is 2. The molecule has 0 saturated carbocycles. The lowest BCUT2D eigenvalue weighted by molar-refractivity contribution is 0.0698. The van der Waals surface area contributed by atoms with Crippen LogP contribution in [0.15, 0.2) is 18.2 Å². The second-order valence-electron chi connectivity index (χ2n) is 5.29. The van der Waals surface area contributed by atoms with Crippen LogP contribution in [0.4, 0.5) is 10.5 Å². The van der Waals surface area contributed by atoms with Gasteiger partial charge in [-0.2, -0.15) is 0 Å². The normalized spacial score (nSPS) is 18.4. The Morgan fingerprint density at radius 1 is 1.48 bits per heavy atom. The molecular formula is C15H19IN2O3. The van der Waals surface area contributed by atoms with Crippen LogP contribution in [0.5, 0.6) is 0 Å². The summed E-state index contributed by atoms with van der Waals surface area (Å²) in [4.78, 5) is 25.3. The lowest BCUT2D eigenvalue weighted by Gasteiger charge is -2.32. The molecule has 1 saturated heterocycles. The Hall–Kier alpha value is -1.31. The molecule has 0 radical (unpaired) electrons. The first-order chi connectivity index (χ1) is 10.0. The Balaban J connectivity index is 2.11. The van der Waals surface area contributed by atoms with Gasteiger partial charge in [0.15, 0.2) is 0 Å². The molecule has 1 aromatic rings. The number of nitrogens with zero attached hydrogens (tertiary/aromatic N) is 1. The van der Waals surface area contributed by atoms with E-state index in [1.165, 1.54) is 0 Å². The van der Waals surface area contributed by atoms with Gasteiger partial charge in [0.05, 0.1) is 11.3 Å². The highest BCUT2D eigenvalue weighted by atomic mass is 127. The van der Waals surface area contributed by atoms with Crippen LogP contribution in [0.1, 0.15) is 36.5 Å². The van der Waals surface area contributed by atoms with Gasteiger partial charge in [0.1, 0.15) is 0 Å². The van der Waals surface area contributed by atoms with E-state index in [2.05, 4.69) is 34.8 Å². The van der Waals surface area contributed by atoms with Gasteiger partial charge < -0.3 is 15.3 Å². The summed E-state index contributed by atoms with van der Waals surface area (Å²) in [6.45, 7) is 3.61. The van der Waals surface area contributed by atoms with E-state index in [1.807, 2.05) is 0 Å². The molecule has 0 bridgehead atoms. The summed E-state index contributed by atoms with van der Waals surface area (Å²) in [5, 5.41) is 12.0. The SMILES string of the molecule is CCC1CCCN(C(=O)Nc2ccc(I)cc2C(=O)O)C1. The number of carbonyl (C=O) groups is 2. The van der Waals surface area contributed by atoms with Gasteiger partial charge in [0, 0.05) is 16.7 Å². The smallest absolute Gasteiger partial charge is 0.337 e. The fourth-order valence-electron chi connectivity index (χ4n) is 2.58. The summed E-state index contributed by atoms with van der Waals surface area (Å²) in [6.07, 6.45) is 3.22. The molecule has 1 atom stereocenters. The first-order valence-corrected chi connectivity index (χ1v) is 8.18. The van der Waals surface area contributed by atoms with Crippen LogP contribution in [-0.4, -0.2) is 35.1 Å². The summed E-state index contributed by atoms with van der Waals surface area (Å²) < 4.78 is 0.826. The topological polar surface area (TPSA) is 69.6 Å². The molecule has 6 heteroatoms. The second-order valence-corrected chi connectivity index (χ2v) is 6.53. The number of carboxylic acids is 1. The van der Waals surface area contributed by atoms with Crippen molar-refractivity contribution in [2.75, 3.05) is 18.4 Å². The lowest BCUT2D eigenvalue weighted by Crippen LogP contribution is -2.42. The Morgan fingerprint density at radius 3 is 2.90 bits per heavy atom. The van der Waals surface area contributed by atoms with E-state index in [4.69, 9.17) is 0 Å². The van der Waals surface area contributed by atoms with Crippen molar-refractivity contribution < 1.29 is 14.7 Å². The van der Waals surface area contributed by atoms with Gasteiger partial charge >= 0.3 is 12.0 Å². The summed E-state index contributed by atoms with van der Waals surface area (Å²) in [5.74, 6) is -0.492. The maximum Gasteiger partial charge on any atom is 0.337 e. The number of rotatable bonds is 3. The number of likely N-dealkylation sites (tertiary alicyclic amines) is 1. The van der Waals surface area contributed by atoms with Crippen LogP contribution in [0, 0.1) is 9.49 Å². The van der Waals surface area contributed by atoms with E-state index in [-0.39, 0.29) is 11.6 Å². The number of carboxylic acid groups (broad SMARTS) is 1. The molecule has 2 amide bonds. The summed E-state index contributed by atoms with van der Waals surface area (Å²) in [6, 6.07) is 4.78. The Kier molecular flexibility index (Phi) is 5.44. The third kappa shape index (κ3) is 4.09. The number of carbonyl (C=O) groups excluding carboxylic acids is 1. The highest BCUT2D eigenvalue weighted by Crippen LogP contribution is 2.22. The molecule has 1 aliphatic heterocycles. The number of amides is 2. The van der Waals surface area contributed by atoms with E-state index >= 15 is 0 Å². The monoisotopic (exact) mass is 402 g/mol. The third-order valence-corrected chi connectivity index (χ3v) is 4.51. The van der Waals surface area contributed by atoms with Gasteiger partial charge in [-0.15, -0.1) is 0 Å². The van der Waals surface area contributed by atoms with Gasteiger partial charge in [0.25, 0.3) is 0 Å². The number of hydrogen-bond acceptors (Lipinski definition) is 2. The molecule has 1 fully saturated rings. The zero-order valence-corrected chi connectivity index (χ0v) is 14.1. The lowest BCUT2D eigenvalue weighted by atomic mass is 9.96. The molecule has 0 aliphatic carbocycles. The zero-order valence-electron chi connectivity index (χ0n) is 11.9. The average Bonchev–Trinajstić information content (AvgIpc) is 2.48. The van der Waals surface area contributed by atoms with Crippen molar-refractivity contribution in [3.8, 4) is 0 Å². The number of halogens is 1. The molecule has 0 aromatic heterocycles. The molecule has 21 heavy (non-hydrogen) atoms. The maximum atomic E-state index is 12.3. The van der Waals surface area contributed by atoms with Crippen molar-refractivity contribution in [3.05, 3.63) is 27.3 Å². The summed E-state index contributed by atoms with van der Waals surface area (Å²) in [5.41, 5.74) is 0.478. The van der Waals surface area contributed by atoms with Crippen molar-refractivity contribution >= 4 is 40.3 Å². The van der Waals surface area contributed by atoms with E-state index in [0.29, 0.717) is 11.6 Å². The molecule has 1 aromatic carbocycles. The van der Waals surface area contributed by atoms with E-state index in [1.54, 1.807) is 23.1 Å². The molecule has 2 rings (SSSR count). The second kappa shape index (κ2) is 7.11. The van der Waals surface area contributed by atoms with Crippen molar-refractivity contribution in [1.29, 1.82) is 0 Å².